The lowest BCUT2D eigenvalue weighted by atomic mass is 10.3. The van der Waals surface area contributed by atoms with Gasteiger partial charge in [-0.1, -0.05) is 22.7 Å². The maximum Gasteiger partial charge on any atom is 0.190 e. The van der Waals surface area contributed by atoms with Gasteiger partial charge >= 0.3 is 0 Å². The number of fused-ring (bicyclic) bond motifs is 2. The monoisotopic (exact) mass is 349 g/mol. The minimum absolute atomic E-state index is 0.154. The molecule has 0 saturated heterocycles. The van der Waals surface area contributed by atoms with Gasteiger partial charge < -0.3 is 10.1 Å². The van der Waals surface area contributed by atoms with Crippen LogP contribution in [0.2, 0.25) is 0 Å². The van der Waals surface area contributed by atoms with E-state index in [1.807, 2.05) is 18.2 Å². The Morgan fingerprint density at radius 2 is 1.78 bits per heavy atom. The van der Waals surface area contributed by atoms with Gasteiger partial charge in [-0.25, -0.2) is 18.7 Å². The van der Waals surface area contributed by atoms with Crippen molar-refractivity contribution in [1.29, 1.82) is 0 Å². The van der Waals surface area contributed by atoms with Gasteiger partial charge in [0.2, 0.25) is 0 Å². The van der Waals surface area contributed by atoms with Gasteiger partial charge in [0, 0.05) is 6.07 Å². The van der Waals surface area contributed by atoms with Crippen molar-refractivity contribution in [2.75, 3.05) is 12.4 Å². The van der Waals surface area contributed by atoms with Crippen molar-refractivity contribution < 1.29 is 13.5 Å². The number of anilines is 2. The zero-order valence-corrected chi connectivity index (χ0v) is 13.4. The first-order valence-corrected chi connectivity index (χ1v) is 8.23. The Morgan fingerprint density at radius 3 is 2.61 bits per heavy atom. The van der Waals surface area contributed by atoms with E-state index in [9.17, 15) is 8.78 Å². The van der Waals surface area contributed by atoms with Gasteiger partial charge in [0.05, 0.1) is 22.0 Å². The molecule has 1 N–H and O–H groups in total. The summed E-state index contributed by atoms with van der Waals surface area (Å²) in [4.78, 5) is 8.60. The number of hydrogen-bond donors (Lipinski definition) is 1. The average Bonchev–Trinajstić information content (AvgIpc) is 3.09. The lowest BCUT2D eigenvalue weighted by molar-refractivity contribution is 0.415. The Labute approximate surface area is 137 Å². The van der Waals surface area contributed by atoms with Gasteiger partial charge in [-0.3, -0.25) is 0 Å². The van der Waals surface area contributed by atoms with Crippen LogP contribution in [0.4, 0.5) is 19.0 Å². The number of rotatable bonds is 3. The molecule has 4 rings (SSSR count). The molecule has 0 aliphatic carbocycles. The van der Waals surface area contributed by atoms with Crippen LogP contribution in [-0.4, -0.2) is 17.1 Å². The van der Waals surface area contributed by atoms with Crippen LogP contribution in [0.3, 0.4) is 0 Å². The molecular weight excluding hydrogens is 340 g/mol. The smallest absolute Gasteiger partial charge is 0.190 e. The Hall–Kier alpha value is -2.32. The predicted molar refractivity (Wildman–Crippen MR) is 89.0 cm³/mol. The molecule has 0 fully saturated rings. The Morgan fingerprint density at radius 1 is 1.00 bits per heavy atom. The van der Waals surface area contributed by atoms with Crippen LogP contribution < -0.4 is 10.1 Å². The van der Waals surface area contributed by atoms with Crippen molar-refractivity contribution in [2.45, 2.75) is 0 Å². The van der Waals surface area contributed by atoms with Gasteiger partial charge in [-0.05, 0) is 24.3 Å². The largest absolute Gasteiger partial charge is 0.497 e. The van der Waals surface area contributed by atoms with Crippen LogP contribution in [0.25, 0.3) is 20.4 Å². The van der Waals surface area contributed by atoms with Gasteiger partial charge in [-0.2, -0.15) is 0 Å². The highest BCUT2D eigenvalue weighted by molar-refractivity contribution is 7.24. The SMILES string of the molecule is COc1ccc2nc(Nc3nc4c(F)cc(F)cc4s3)sc2c1. The number of thiazole rings is 2. The highest BCUT2D eigenvalue weighted by atomic mass is 32.1. The standard InChI is InChI=1S/C15H9F2N3OS2/c1-21-8-2-3-10-11(6-8)22-14(18-10)20-15-19-13-9(17)4-7(16)5-12(13)23-15/h2-6H,1H3,(H,18,19,20). The summed E-state index contributed by atoms with van der Waals surface area (Å²) in [6, 6.07) is 7.69. The van der Waals surface area contributed by atoms with Crippen LogP contribution in [0, 0.1) is 11.6 Å². The van der Waals surface area contributed by atoms with E-state index in [4.69, 9.17) is 4.74 Å². The minimum atomic E-state index is -0.668. The summed E-state index contributed by atoms with van der Waals surface area (Å²) in [5.74, 6) is -0.527. The Bertz CT molecular complexity index is 1030. The second kappa shape index (κ2) is 5.39. The molecule has 0 spiro atoms. The van der Waals surface area contributed by atoms with Crippen molar-refractivity contribution in [2.24, 2.45) is 0 Å². The van der Waals surface area contributed by atoms with Gasteiger partial charge in [0.25, 0.3) is 0 Å². The normalized spacial score (nSPS) is 11.3. The van der Waals surface area contributed by atoms with Crippen LogP contribution in [-0.2, 0) is 0 Å². The molecule has 0 aliphatic heterocycles. The van der Waals surface area contributed by atoms with Crippen molar-refractivity contribution in [3.8, 4) is 5.75 Å². The molecule has 0 unspecified atom stereocenters. The molecule has 2 heterocycles. The van der Waals surface area contributed by atoms with Crippen molar-refractivity contribution in [3.63, 3.8) is 0 Å². The van der Waals surface area contributed by atoms with Gasteiger partial charge in [0.15, 0.2) is 16.1 Å². The third-order valence-electron chi connectivity index (χ3n) is 3.22. The number of halogens is 2. The van der Waals surface area contributed by atoms with E-state index in [1.54, 1.807) is 7.11 Å². The highest BCUT2D eigenvalue weighted by Crippen LogP contribution is 2.34. The quantitative estimate of drug-likeness (QED) is 0.569. The molecule has 0 aliphatic rings. The zero-order valence-electron chi connectivity index (χ0n) is 11.8. The molecule has 2 aromatic carbocycles. The van der Waals surface area contributed by atoms with Crippen LogP contribution in [0.5, 0.6) is 5.75 Å². The average molecular weight is 349 g/mol. The third-order valence-corrected chi connectivity index (χ3v) is 5.07. The number of benzene rings is 2. The molecule has 116 valence electrons. The molecule has 2 aromatic heterocycles. The molecule has 23 heavy (non-hydrogen) atoms. The minimum Gasteiger partial charge on any atom is -0.497 e. The van der Waals surface area contributed by atoms with Gasteiger partial charge in [0.1, 0.15) is 17.1 Å². The van der Waals surface area contributed by atoms with E-state index in [0.29, 0.717) is 15.0 Å². The fourth-order valence-electron chi connectivity index (χ4n) is 2.19. The summed E-state index contributed by atoms with van der Waals surface area (Å²) < 4.78 is 33.5. The van der Waals surface area contributed by atoms with Crippen LogP contribution >= 0.6 is 22.7 Å². The second-order valence-electron chi connectivity index (χ2n) is 4.73. The first-order valence-electron chi connectivity index (χ1n) is 6.59. The van der Waals surface area contributed by atoms with Crippen molar-refractivity contribution in [3.05, 3.63) is 42.0 Å². The number of nitrogens with zero attached hydrogens (tertiary/aromatic N) is 2. The lowest BCUT2D eigenvalue weighted by Crippen LogP contribution is -1.88. The van der Waals surface area contributed by atoms with Crippen molar-refractivity contribution >= 4 is 53.4 Å². The third kappa shape index (κ3) is 2.60. The fraction of sp³-hybridized carbons (Fsp3) is 0.0667. The molecule has 8 heteroatoms. The Balaban J connectivity index is 1.71. The van der Waals surface area contributed by atoms with E-state index in [-0.39, 0.29) is 5.52 Å². The number of ether oxygens (including phenoxy) is 1. The zero-order chi connectivity index (χ0) is 16.0. The topological polar surface area (TPSA) is 47.0 Å². The van der Waals surface area contributed by atoms with Gasteiger partial charge in [-0.15, -0.1) is 0 Å². The molecule has 4 nitrogen and oxygen atoms in total. The summed E-state index contributed by atoms with van der Waals surface area (Å²) in [7, 11) is 1.61. The summed E-state index contributed by atoms with van der Waals surface area (Å²) >= 11 is 2.61. The maximum absolute atomic E-state index is 13.7. The molecule has 0 atom stereocenters. The highest BCUT2D eigenvalue weighted by Gasteiger charge is 2.12. The summed E-state index contributed by atoms with van der Waals surface area (Å²) in [6.07, 6.45) is 0. The first kappa shape index (κ1) is 14.3. The van der Waals surface area contributed by atoms with Crippen LogP contribution in [0.1, 0.15) is 0 Å². The molecule has 0 bridgehead atoms. The predicted octanol–water partition coefficient (Wildman–Crippen LogP) is 4.94. The van der Waals surface area contributed by atoms with E-state index < -0.39 is 11.6 Å². The first-order chi connectivity index (χ1) is 11.1. The lowest BCUT2D eigenvalue weighted by Gasteiger charge is -1.96. The van der Waals surface area contributed by atoms with E-state index in [1.165, 1.54) is 28.7 Å². The maximum atomic E-state index is 13.7. The molecule has 0 saturated carbocycles. The van der Waals surface area contributed by atoms with Crippen LogP contribution in [0.15, 0.2) is 30.3 Å². The number of aromatic nitrogens is 2. The number of methoxy groups -OCH3 is 1. The molecule has 0 amide bonds. The van der Waals surface area contributed by atoms with Crippen molar-refractivity contribution in [1.82, 2.24) is 9.97 Å². The molecule has 0 radical (unpaired) electrons. The summed E-state index contributed by atoms with van der Waals surface area (Å²) in [5.41, 5.74) is 0.985. The Kier molecular flexibility index (Phi) is 3.35. The summed E-state index contributed by atoms with van der Waals surface area (Å²) in [5, 5.41) is 4.15. The van der Waals surface area contributed by atoms with E-state index >= 15 is 0 Å². The summed E-state index contributed by atoms with van der Waals surface area (Å²) in [6.45, 7) is 0. The number of nitrogens with one attached hydrogen (secondary N) is 1. The molecular formula is C15H9F2N3OS2. The molecule has 4 aromatic rings. The fourth-order valence-corrected chi connectivity index (χ4v) is 4.05. The van der Waals surface area contributed by atoms with E-state index in [2.05, 4.69) is 15.3 Å². The number of hydrogen-bond acceptors (Lipinski definition) is 6. The second-order valence-corrected chi connectivity index (χ2v) is 6.79. The van der Waals surface area contributed by atoms with E-state index in [0.717, 1.165) is 22.0 Å².